The van der Waals surface area contributed by atoms with Crippen LogP contribution in [0, 0.1) is 0 Å². The first-order valence-electron chi connectivity index (χ1n) is 7.48. The van der Waals surface area contributed by atoms with Gasteiger partial charge >= 0.3 is 0 Å². The third kappa shape index (κ3) is 4.32. The first-order valence-corrected chi connectivity index (χ1v) is 9.30. The van der Waals surface area contributed by atoms with Crippen molar-refractivity contribution >= 4 is 20.8 Å². The van der Waals surface area contributed by atoms with Crippen molar-refractivity contribution in [3.63, 3.8) is 0 Å². The predicted octanol–water partition coefficient (Wildman–Crippen LogP) is 3.30. The van der Waals surface area contributed by atoms with Crippen molar-refractivity contribution in [2.75, 3.05) is 18.1 Å². The zero-order chi connectivity index (χ0) is 15.3. The van der Waals surface area contributed by atoms with Gasteiger partial charge in [0.15, 0.2) is 9.84 Å². The maximum atomic E-state index is 12.2. The number of para-hydroxylation sites is 1. The molecule has 1 aromatic carbocycles. The topological polar surface area (TPSA) is 59.3 Å². The number of fused-ring (bicyclic) bond motifs is 1. The number of hydrogen-bond donors (Lipinski definition) is 1. The monoisotopic (exact) mass is 309 g/mol. The van der Waals surface area contributed by atoms with Crippen molar-refractivity contribution in [2.45, 2.75) is 32.7 Å². The van der Waals surface area contributed by atoms with Gasteiger partial charge in [0, 0.05) is 5.39 Å². The fourth-order valence-corrected chi connectivity index (χ4v) is 4.05. The minimum absolute atomic E-state index is 0.0840. The minimum atomic E-state index is -3.07. The van der Waals surface area contributed by atoms with E-state index in [0.717, 1.165) is 17.4 Å². The largest absolute Gasteiger partial charge is 0.459 e. The van der Waals surface area contributed by atoms with Gasteiger partial charge in [0.1, 0.15) is 11.3 Å². The lowest BCUT2D eigenvalue weighted by molar-refractivity contribution is 0.456. The van der Waals surface area contributed by atoms with E-state index in [1.165, 1.54) is 0 Å². The Morgan fingerprint density at radius 1 is 1.24 bits per heavy atom. The van der Waals surface area contributed by atoms with E-state index in [0.29, 0.717) is 18.7 Å². The number of sulfone groups is 1. The van der Waals surface area contributed by atoms with E-state index in [1.54, 1.807) is 0 Å². The number of unbranched alkanes of at least 4 members (excludes halogenated alkanes) is 1. The Balaban J connectivity index is 2.22. The molecule has 2 aromatic rings. The standard InChI is InChI=1S/C16H23NO3S/c1-3-5-10-21(18,19)12-14(17-4-2)16-11-13-8-6-7-9-15(13)20-16/h6-9,11,14,17H,3-5,10,12H2,1-2H3. The van der Waals surface area contributed by atoms with Crippen molar-refractivity contribution in [3.8, 4) is 0 Å². The number of rotatable bonds is 8. The zero-order valence-corrected chi connectivity index (χ0v) is 13.4. The molecule has 0 aliphatic heterocycles. The lowest BCUT2D eigenvalue weighted by atomic mass is 10.2. The molecule has 0 bridgehead atoms. The molecule has 4 nitrogen and oxygen atoms in total. The molecule has 0 fully saturated rings. The van der Waals surface area contributed by atoms with Crippen LogP contribution in [0.1, 0.15) is 38.5 Å². The van der Waals surface area contributed by atoms with E-state index in [1.807, 2.05) is 44.2 Å². The molecule has 0 radical (unpaired) electrons. The third-order valence-electron chi connectivity index (χ3n) is 3.47. The minimum Gasteiger partial charge on any atom is -0.459 e. The van der Waals surface area contributed by atoms with Crippen LogP contribution in [0.15, 0.2) is 34.7 Å². The van der Waals surface area contributed by atoms with Crippen LogP contribution < -0.4 is 5.32 Å². The van der Waals surface area contributed by atoms with Crippen LogP contribution in [0.5, 0.6) is 0 Å². The van der Waals surface area contributed by atoms with Gasteiger partial charge in [0.05, 0.1) is 17.5 Å². The van der Waals surface area contributed by atoms with Crippen molar-refractivity contribution in [3.05, 3.63) is 36.1 Å². The van der Waals surface area contributed by atoms with Gasteiger partial charge < -0.3 is 9.73 Å². The summed E-state index contributed by atoms with van der Waals surface area (Å²) >= 11 is 0. The van der Waals surface area contributed by atoms with Crippen LogP contribution in [-0.2, 0) is 9.84 Å². The zero-order valence-electron chi connectivity index (χ0n) is 12.6. The molecular formula is C16H23NO3S. The summed E-state index contributed by atoms with van der Waals surface area (Å²) < 4.78 is 30.2. The normalized spacial score (nSPS) is 13.6. The average molecular weight is 309 g/mol. The van der Waals surface area contributed by atoms with Gasteiger partial charge in [-0.2, -0.15) is 0 Å². The molecule has 5 heteroatoms. The molecule has 0 saturated carbocycles. The van der Waals surface area contributed by atoms with E-state index in [2.05, 4.69) is 5.32 Å². The van der Waals surface area contributed by atoms with E-state index >= 15 is 0 Å². The Hall–Kier alpha value is -1.33. The fourth-order valence-electron chi connectivity index (χ4n) is 2.36. The van der Waals surface area contributed by atoms with Gasteiger partial charge in [-0.3, -0.25) is 0 Å². The van der Waals surface area contributed by atoms with Crippen molar-refractivity contribution in [2.24, 2.45) is 0 Å². The molecule has 116 valence electrons. The average Bonchev–Trinajstić information content (AvgIpc) is 2.88. The summed E-state index contributed by atoms with van der Waals surface area (Å²) in [5.41, 5.74) is 0.793. The second kappa shape index (κ2) is 7.09. The predicted molar refractivity (Wildman–Crippen MR) is 86.2 cm³/mol. The van der Waals surface area contributed by atoms with Gasteiger partial charge in [-0.05, 0) is 25.1 Å². The van der Waals surface area contributed by atoms with Crippen molar-refractivity contribution in [1.82, 2.24) is 5.32 Å². The Morgan fingerprint density at radius 2 is 2.00 bits per heavy atom. The lowest BCUT2D eigenvalue weighted by Gasteiger charge is -2.15. The highest BCUT2D eigenvalue weighted by molar-refractivity contribution is 7.91. The first kappa shape index (κ1) is 16.0. The summed E-state index contributed by atoms with van der Waals surface area (Å²) in [4.78, 5) is 0. The summed E-state index contributed by atoms with van der Waals surface area (Å²) in [6, 6.07) is 9.37. The molecule has 0 amide bonds. The second-order valence-corrected chi connectivity index (χ2v) is 7.49. The molecule has 1 atom stereocenters. The van der Waals surface area contributed by atoms with Crippen LogP contribution in [0.4, 0.5) is 0 Å². The summed E-state index contributed by atoms with van der Waals surface area (Å²) in [6.07, 6.45) is 1.59. The van der Waals surface area contributed by atoms with Gasteiger partial charge in [0.2, 0.25) is 0 Å². The molecule has 0 saturated heterocycles. The number of nitrogens with one attached hydrogen (secondary N) is 1. The van der Waals surface area contributed by atoms with Crippen molar-refractivity contribution < 1.29 is 12.8 Å². The molecule has 21 heavy (non-hydrogen) atoms. The van der Waals surface area contributed by atoms with Crippen molar-refractivity contribution in [1.29, 1.82) is 0 Å². The Kier molecular flexibility index (Phi) is 5.42. The lowest BCUT2D eigenvalue weighted by Crippen LogP contribution is -2.28. The molecule has 1 N–H and O–H groups in total. The molecule has 1 aromatic heterocycles. The number of benzene rings is 1. The molecule has 0 spiro atoms. The highest BCUT2D eigenvalue weighted by atomic mass is 32.2. The van der Waals surface area contributed by atoms with E-state index in [-0.39, 0.29) is 17.5 Å². The third-order valence-corrected chi connectivity index (χ3v) is 5.22. The van der Waals surface area contributed by atoms with Gasteiger partial charge in [-0.25, -0.2) is 8.42 Å². The molecule has 0 aliphatic carbocycles. The van der Waals surface area contributed by atoms with Crippen LogP contribution in [0.3, 0.4) is 0 Å². The summed E-state index contributed by atoms with van der Waals surface area (Å²) in [6.45, 7) is 4.66. The summed E-state index contributed by atoms with van der Waals surface area (Å²) in [5, 5.41) is 4.22. The number of hydrogen-bond acceptors (Lipinski definition) is 4. The Morgan fingerprint density at radius 3 is 2.67 bits per heavy atom. The maximum absolute atomic E-state index is 12.2. The molecule has 1 unspecified atom stereocenters. The summed E-state index contributed by atoms with van der Waals surface area (Å²) in [5.74, 6) is 1.02. The quantitative estimate of drug-likeness (QED) is 0.813. The van der Waals surface area contributed by atoms with Gasteiger partial charge in [-0.1, -0.05) is 38.5 Å². The Labute approximate surface area is 126 Å². The van der Waals surface area contributed by atoms with E-state index < -0.39 is 9.84 Å². The Bertz CT molecular complexity index is 643. The highest BCUT2D eigenvalue weighted by Gasteiger charge is 2.22. The molecule has 0 aliphatic rings. The maximum Gasteiger partial charge on any atom is 0.152 e. The fraction of sp³-hybridized carbons (Fsp3) is 0.500. The SMILES string of the molecule is CCCCS(=O)(=O)CC(NCC)c1cc2ccccc2o1. The van der Waals surface area contributed by atoms with Crippen LogP contribution in [0.25, 0.3) is 11.0 Å². The van der Waals surface area contributed by atoms with E-state index in [4.69, 9.17) is 4.42 Å². The van der Waals surface area contributed by atoms with Crippen LogP contribution >= 0.6 is 0 Å². The molecule has 2 rings (SSSR count). The van der Waals surface area contributed by atoms with Crippen LogP contribution in [-0.4, -0.2) is 26.5 Å². The van der Waals surface area contributed by atoms with Gasteiger partial charge in [-0.15, -0.1) is 0 Å². The molecular weight excluding hydrogens is 286 g/mol. The second-order valence-electron chi connectivity index (χ2n) is 5.26. The van der Waals surface area contributed by atoms with Gasteiger partial charge in [0.25, 0.3) is 0 Å². The highest BCUT2D eigenvalue weighted by Crippen LogP contribution is 2.25. The number of furan rings is 1. The van der Waals surface area contributed by atoms with E-state index in [9.17, 15) is 8.42 Å². The van der Waals surface area contributed by atoms with Crippen LogP contribution in [0.2, 0.25) is 0 Å². The first-order chi connectivity index (χ1) is 10.1. The smallest absolute Gasteiger partial charge is 0.152 e. The molecule has 1 heterocycles. The summed E-state index contributed by atoms with van der Waals surface area (Å²) in [7, 11) is -3.07.